The van der Waals surface area contributed by atoms with Crippen LogP contribution in [0.4, 0.5) is 0 Å². The molecule has 0 saturated heterocycles. The van der Waals surface area contributed by atoms with Crippen LogP contribution in [-0.4, -0.2) is 47.4 Å². The molecule has 2 atom stereocenters. The van der Waals surface area contributed by atoms with Crippen LogP contribution in [0.1, 0.15) is 444 Å². The fourth-order valence-electron chi connectivity index (χ4n) is 12.5. The molecule has 0 heterocycles. The number of carbonyl (C=O) groups is 2. The van der Waals surface area contributed by atoms with Gasteiger partial charge in [0.25, 0.3) is 0 Å². The van der Waals surface area contributed by atoms with Gasteiger partial charge in [0.2, 0.25) is 5.91 Å². The SMILES string of the molecule is CCCCCCCCCCCCCCCCCCCC/C=C/C(O)C(CO)NC(=O)CCCCCCCCCCCCCCCCCC/C=C\CCCCCCCCCCCCCCOC(=O)CCCCCCCCCCCCCCCCCC. The number of esters is 1. The summed E-state index contributed by atoms with van der Waals surface area (Å²) in [5, 5.41) is 23.3. The zero-order valence-electron chi connectivity index (χ0n) is 57.9. The van der Waals surface area contributed by atoms with Gasteiger partial charge in [0.1, 0.15) is 0 Å². The number of rotatable bonds is 74. The van der Waals surface area contributed by atoms with Crippen LogP contribution in [0.5, 0.6) is 0 Å². The predicted molar refractivity (Wildman–Crippen MR) is 375 cm³/mol. The summed E-state index contributed by atoms with van der Waals surface area (Å²) >= 11 is 0. The van der Waals surface area contributed by atoms with E-state index < -0.39 is 12.1 Å². The lowest BCUT2D eigenvalue weighted by atomic mass is 10.0. The Labute approximate surface area is 532 Å². The summed E-state index contributed by atoms with van der Waals surface area (Å²) in [6, 6.07) is -0.627. The Balaban J connectivity index is 3.36. The number of hydrogen-bond acceptors (Lipinski definition) is 5. The van der Waals surface area contributed by atoms with E-state index in [-0.39, 0.29) is 18.5 Å². The third kappa shape index (κ3) is 71.3. The van der Waals surface area contributed by atoms with E-state index >= 15 is 0 Å². The lowest BCUT2D eigenvalue weighted by molar-refractivity contribution is -0.143. The minimum Gasteiger partial charge on any atom is -0.466 e. The molecule has 0 aromatic heterocycles. The molecule has 0 rings (SSSR count). The Morgan fingerprint density at radius 3 is 0.835 bits per heavy atom. The van der Waals surface area contributed by atoms with Crippen molar-refractivity contribution in [3.8, 4) is 0 Å². The quantitative estimate of drug-likeness (QED) is 0.0320. The van der Waals surface area contributed by atoms with Crippen molar-refractivity contribution in [1.29, 1.82) is 0 Å². The van der Waals surface area contributed by atoms with Gasteiger partial charge in [0, 0.05) is 12.8 Å². The van der Waals surface area contributed by atoms with Crippen LogP contribution in [0.15, 0.2) is 24.3 Å². The van der Waals surface area contributed by atoms with Gasteiger partial charge in [-0.2, -0.15) is 0 Å². The molecule has 0 aromatic carbocycles. The summed E-state index contributed by atoms with van der Waals surface area (Å²) < 4.78 is 5.51. The molecular weight excluding hydrogens is 1040 g/mol. The number of aliphatic hydroxyl groups excluding tert-OH is 2. The van der Waals surface area contributed by atoms with Gasteiger partial charge in [-0.15, -0.1) is 0 Å². The minimum absolute atomic E-state index is 0.0224. The summed E-state index contributed by atoms with van der Waals surface area (Å²) in [6.45, 7) is 4.96. The molecular formula is C79H153NO5. The third-order valence-electron chi connectivity index (χ3n) is 18.5. The Morgan fingerprint density at radius 1 is 0.318 bits per heavy atom. The highest BCUT2D eigenvalue weighted by Crippen LogP contribution is 2.20. The smallest absolute Gasteiger partial charge is 0.305 e. The van der Waals surface area contributed by atoms with Crippen LogP contribution >= 0.6 is 0 Å². The second-order valence-corrected chi connectivity index (χ2v) is 27.0. The highest BCUT2D eigenvalue weighted by Gasteiger charge is 2.18. The molecule has 0 aliphatic heterocycles. The number of amides is 1. The fourth-order valence-corrected chi connectivity index (χ4v) is 12.5. The number of allylic oxidation sites excluding steroid dienone is 3. The van der Waals surface area contributed by atoms with Crippen LogP contribution in [-0.2, 0) is 14.3 Å². The predicted octanol–water partition coefficient (Wildman–Crippen LogP) is 25.7. The summed E-state index contributed by atoms with van der Waals surface area (Å²) in [7, 11) is 0. The van der Waals surface area contributed by atoms with E-state index in [0.717, 1.165) is 38.5 Å². The van der Waals surface area contributed by atoms with Crippen LogP contribution < -0.4 is 5.32 Å². The lowest BCUT2D eigenvalue weighted by Crippen LogP contribution is -2.45. The summed E-state index contributed by atoms with van der Waals surface area (Å²) in [5.74, 6) is -0.0384. The summed E-state index contributed by atoms with van der Waals surface area (Å²) in [5.41, 5.74) is 0. The van der Waals surface area contributed by atoms with Crippen molar-refractivity contribution < 1.29 is 24.5 Å². The number of ether oxygens (including phenoxy) is 1. The van der Waals surface area contributed by atoms with Crippen molar-refractivity contribution in [2.45, 2.75) is 456 Å². The van der Waals surface area contributed by atoms with Crippen molar-refractivity contribution in [2.24, 2.45) is 0 Å². The van der Waals surface area contributed by atoms with Crippen LogP contribution in [0.3, 0.4) is 0 Å². The Kier molecular flexibility index (Phi) is 73.3. The highest BCUT2D eigenvalue weighted by molar-refractivity contribution is 5.76. The van der Waals surface area contributed by atoms with Crippen molar-refractivity contribution in [1.82, 2.24) is 5.32 Å². The van der Waals surface area contributed by atoms with Crippen molar-refractivity contribution in [3.63, 3.8) is 0 Å². The van der Waals surface area contributed by atoms with Gasteiger partial charge >= 0.3 is 5.97 Å². The van der Waals surface area contributed by atoms with Crippen molar-refractivity contribution in [2.75, 3.05) is 13.2 Å². The Morgan fingerprint density at radius 2 is 0.553 bits per heavy atom. The van der Waals surface area contributed by atoms with Crippen LogP contribution in [0.25, 0.3) is 0 Å². The molecule has 0 fully saturated rings. The first-order valence-corrected chi connectivity index (χ1v) is 39.1. The number of carbonyl (C=O) groups excluding carboxylic acids is 2. The maximum atomic E-state index is 12.5. The number of nitrogens with one attached hydrogen (secondary N) is 1. The molecule has 6 heteroatoms. The zero-order chi connectivity index (χ0) is 61.3. The average Bonchev–Trinajstić information content (AvgIpc) is 3.50. The van der Waals surface area contributed by atoms with E-state index in [2.05, 4.69) is 31.3 Å². The average molecular weight is 1200 g/mol. The molecule has 2 unspecified atom stereocenters. The van der Waals surface area contributed by atoms with E-state index in [1.165, 1.54) is 379 Å². The number of hydrogen-bond donors (Lipinski definition) is 3. The molecule has 0 saturated carbocycles. The summed E-state index contributed by atoms with van der Waals surface area (Å²) in [4.78, 5) is 24.6. The van der Waals surface area contributed by atoms with Crippen molar-refractivity contribution in [3.05, 3.63) is 24.3 Å². The van der Waals surface area contributed by atoms with Gasteiger partial charge in [0.15, 0.2) is 0 Å². The van der Waals surface area contributed by atoms with Crippen LogP contribution in [0.2, 0.25) is 0 Å². The minimum atomic E-state index is -0.843. The maximum absolute atomic E-state index is 12.5. The molecule has 85 heavy (non-hydrogen) atoms. The van der Waals surface area contributed by atoms with Gasteiger partial charge in [0.05, 0.1) is 25.4 Å². The van der Waals surface area contributed by atoms with Gasteiger partial charge in [-0.3, -0.25) is 9.59 Å². The van der Waals surface area contributed by atoms with Crippen LogP contribution in [0, 0.1) is 0 Å². The van der Waals surface area contributed by atoms with Gasteiger partial charge in [-0.05, 0) is 57.8 Å². The van der Waals surface area contributed by atoms with Gasteiger partial charge in [-0.1, -0.05) is 398 Å². The van der Waals surface area contributed by atoms with Gasteiger partial charge < -0.3 is 20.3 Å². The molecule has 504 valence electrons. The first-order valence-electron chi connectivity index (χ1n) is 39.1. The molecule has 0 aliphatic rings. The molecule has 0 radical (unpaired) electrons. The molecule has 6 nitrogen and oxygen atoms in total. The lowest BCUT2D eigenvalue weighted by Gasteiger charge is -2.20. The first-order chi connectivity index (χ1) is 42.0. The molecule has 0 spiro atoms. The first kappa shape index (κ1) is 83.3. The molecule has 0 aliphatic carbocycles. The number of aliphatic hydroxyl groups is 2. The monoisotopic (exact) mass is 1200 g/mol. The Bertz CT molecular complexity index is 1330. The zero-order valence-corrected chi connectivity index (χ0v) is 57.9. The van der Waals surface area contributed by atoms with Gasteiger partial charge in [-0.25, -0.2) is 0 Å². The van der Waals surface area contributed by atoms with E-state index in [1.54, 1.807) is 6.08 Å². The second kappa shape index (κ2) is 74.8. The normalized spacial score (nSPS) is 12.6. The molecule has 0 bridgehead atoms. The fraction of sp³-hybridized carbons (Fsp3) is 0.924. The second-order valence-electron chi connectivity index (χ2n) is 27.0. The van der Waals surface area contributed by atoms with Crippen molar-refractivity contribution >= 4 is 11.9 Å². The highest BCUT2D eigenvalue weighted by atomic mass is 16.5. The van der Waals surface area contributed by atoms with E-state index in [4.69, 9.17) is 4.74 Å². The largest absolute Gasteiger partial charge is 0.466 e. The molecule has 0 aromatic rings. The number of unbranched alkanes of at least 4 members (excludes halogenated alkanes) is 61. The maximum Gasteiger partial charge on any atom is 0.305 e. The molecule has 3 N–H and O–H groups in total. The van der Waals surface area contributed by atoms with E-state index in [9.17, 15) is 19.8 Å². The molecule has 1 amide bonds. The van der Waals surface area contributed by atoms with E-state index in [0.29, 0.717) is 19.4 Å². The Hall–Kier alpha value is -1.66. The summed E-state index contributed by atoms with van der Waals surface area (Å²) in [6.07, 6.45) is 95.8. The topological polar surface area (TPSA) is 95.9 Å². The standard InChI is InChI=1S/C79H153NO5/c1-3-5-7-9-11-13-15-17-19-21-22-37-40-43-47-51-55-59-63-67-71-77(82)76(75-81)80-78(83)72-68-64-60-56-52-48-44-41-38-35-33-31-29-27-25-23-24-26-28-30-32-34-36-39-42-46-50-54-58-62-66-70-74-85-79(84)73-69-65-61-57-53-49-45-20-18-16-14-12-10-8-6-4-2/h26,28,67,71,76-77,81-82H,3-25,27,29-66,68-70,72-75H2,1-2H3,(H,80,83)/b28-26-,71-67+. The van der Waals surface area contributed by atoms with E-state index in [1.807, 2.05) is 6.08 Å². The third-order valence-corrected chi connectivity index (χ3v) is 18.5.